The first-order valence-corrected chi connectivity index (χ1v) is 10.0. The van der Waals surface area contributed by atoms with Gasteiger partial charge in [0, 0.05) is 5.56 Å². The first-order valence-electron chi connectivity index (χ1n) is 10.0. The molecular formula is C24H21F2N3O4. The minimum Gasteiger partial charge on any atom is -0.493 e. The summed E-state index contributed by atoms with van der Waals surface area (Å²) < 4.78 is 41.2. The molecule has 0 radical (unpaired) electrons. The number of aromatic nitrogens is 2. The Morgan fingerprint density at radius 3 is 2.39 bits per heavy atom. The van der Waals surface area contributed by atoms with Gasteiger partial charge in [-0.1, -0.05) is 24.3 Å². The normalized spacial score (nSPS) is 10.9. The quantitative estimate of drug-likeness (QED) is 0.426. The molecule has 0 fully saturated rings. The van der Waals surface area contributed by atoms with Crippen molar-refractivity contribution in [3.8, 4) is 28.6 Å². The van der Waals surface area contributed by atoms with E-state index >= 15 is 0 Å². The summed E-state index contributed by atoms with van der Waals surface area (Å²) in [5, 5.41) is 0.454. The summed E-state index contributed by atoms with van der Waals surface area (Å²) in [4.78, 5) is 18.0. The number of fused-ring (bicyclic) bond motifs is 1. The van der Waals surface area contributed by atoms with Gasteiger partial charge in [0.2, 0.25) is 0 Å². The molecule has 0 saturated heterocycles. The molecule has 170 valence electrons. The Morgan fingerprint density at radius 1 is 0.970 bits per heavy atom. The van der Waals surface area contributed by atoms with Crippen molar-refractivity contribution in [2.75, 3.05) is 19.6 Å². The van der Waals surface area contributed by atoms with Crippen molar-refractivity contribution < 1.29 is 23.0 Å². The zero-order valence-electron chi connectivity index (χ0n) is 17.9. The molecule has 0 aliphatic carbocycles. The highest BCUT2D eigenvalue weighted by atomic mass is 19.3. The number of hydrogen-bond donors (Lipinski definition) is 1. The van der Waals surface area contributed by atoms with Gasteiger partial charge in [-0.05, 0) is 48.0 Å². The Bertz CT molecular complexity index is 1320. The summed E-state index contributed by atoms with van der Waals surface area (Å²) in [5.41, 5.74) is 4.78. The molecule has 0 aliphatic heterocycles. The van der Waals surface area contributed by atoms with Crippen molar-refractivity contribution in [2.24, 2.45) is 0 Å². The summed E-state index contributed by atoms with van der Waals surface area (Å²) in [6.07, 6.45) is 0. The second-order valence-electron chi connectivity index (χ2n) is 7.02. The predicted molar refractivity (Wildman–Crippen MR) is 121 cm³/mol. The Labute approximate surface area is 188 Å². The number of halogens is 2. The van der Waals surface area contributed by atoms with Crippen molar-refractivity contribution in [1.29, 1.82) is 0 Å². The minimum atomic E-state index is -2.89. The van der Waals surface area contributed by atoms with Gasteiger partial charge in [0.25, 0.3) is 5.56 Å². The van der Waals surface area contributed by atoms with Gasteiger partial charge >= 0.3 is 6.61 Å². The molecule has 7 nitrogen and oxygen atoms in total. The van der Waals surface area contributed by atoms with Crippen LogP contribution in [0.4, 0.5) is 8.78 Å². The number of rotatable bonds is 8. The third-order valence-electron chi connectivity index (χ3n) is 5.01. The van der Waals surface area contributed by atoms with E-state index in [4.69, 9.17) is 14.5 Å². The Kier molecular flexibility index (Phi) is 6.39. The molecule has 3 aromatic carbocycles. The van der Waals surface area contributed by atoms with Crippen molar-refractivity contribution in [1.82, 2.24) is 9.66 Å². The van der Waals surface area contributed by atoms with Crippen LogP contribution in [0, 0.1) is 0 Å². The molecule has 0 saturated carbocycles. The van der Waals surface area contributed by atoms with Gasteiger partial charge in [0.05, 0.1) is 31.7 Å². The summed E-state index contributed by atoms with van der Waals surface area (Å²) in [5.74, 6) is 1.50. The molecule has 4 aromatic rings. The number of benzene rings is 3. The summed E-state index contributed by atoms with van der Waals surface area (Å²) in [6, 6.07) is 18.5. The van der Waals surface area contributed by atoms with Gasteiger partial charge in [-0.3, -0.25) is 4.79 Å². The third kappa shape index (κ3) is 4.72. The molecule has 4 rings (SSSR count). The summed E-state index contributed by atoms with van der Waals surface area (Å²) in [6.45, 7) is -2.64. The number of alkyl halides is 2. The highest BCUT2D eigenvalue weighted by Gasteiger charge is 2.15. The lowest BCUT2D eigenvalue weighted by molar-refractivity contribution is -0.0498. The maximum Gasteiger partial charge on any atom is 0.387 e. The van der Waals surface area contributed by atoms with Crippen LogP contribution in [0.2, 0.25) is 0 Å². The molecule has 1 aromatic heterocycles. The first kappa shape index (κ1) is 22.1. The average molecular weight is 453 g/mol. The van der Waals surface area contributed by atoms with Gasteiger partial charge < -0.3 is 19.6 Å². The lowest BCUT2D eigenvalue weighted by atomic mass is 10.1. The maximum atomic E-state index is 13.3. The number of nitrogens with one attached hydrogen (secondary N) is 1. The van der Waals surface area contributed by atoms with E-state index in [9.17, 15) is 13.6 Å². The maximum absolute atomic E-state index is 13.3. The lowest BCUT2D eigenvalue weighted by Crippen LogP contribution is -2.31. The summed E-state index contributed by atoms with van der Waals surface area (Å²) in [7, 11) is 3.07. The van der Waals surface area contributed by atoms with Crippen molar-refractivity contribution >= 4 is 10.9 Å². The zero-order chi connectivity index (χ0) is 23.4. The van der Waals surface area contributed by atoms with E-state index < -0.39 is 6.61 Å². The smallest absolute Gasteiger partial charge is 0.387 e. The fourth-order valence-corrected chi connectivity index (χ4v) is 3.41. The van der Waals surface area contributed by atoms with Gasteiger partial charge in [-0.2, -0.15) is 8.78 Å². The van der Waals surface area contributed by atoms with E-state index in [1.807, 2.05) is 6.07 Å². The minimum absolute atomic E-state index is 0.0595. The Morgan fingerprint density at radius 2 is 1.70 bits per heavy atom. The van der Waals surface area contributed by atoms with E-state index in [1.165, 1.54) is 23.9 Å². The molecule has 0 unspecified atom stereocenters. The first-order chi connectivity index (χ1) is 16.0. The topological polar surface area (TPSA) is 74.6 Å². The van der Waals surface area contributed by atoms with Gasteiger partial charge in [-0.15, -0.1) is 0 Å². The molecule has 0 spiro atoms. The molecule has 1 heterocycles. The summed E-state index contributed by atoms with van der Waals surface area (Å²) >= 11 is 0. The fraction of sp³-hybridized carbons (Fsp3) is 0.167. The van der Waals surface area contributed by atoms with E-state index in [1.54, 1.807) is 55.6 Å². The van der Waals surface area contributed by atoms with Gasteiger partial charge in [0.1, 0.15) is 5.75 Å². The Hall–Kier alpha value is -4.14. The number of methoxy groups -OCH3 is 2. The van der Waals surface area contributed by atoms with Crippen molar-refractivity contribution in [2.45, 2.75) is 13.2 Å². The van der Waals surface area contributed by atoms with Crippen LogP contribution in [0.3, 0.4) is 0 Å². The number of ether oxygens (including phenoxy) is 3. The number of para-hydroxylation sites is 1. The van der Waals surface area contributed by atoms with Crippen LogP contribution in [0.5, 0.6) is 17.2 Å². The molecule has 1 N–H and O–H groups in total. The highest BCUT2D eigenvalue weighted by molar-refractivity contribution is 5.80. The average Bonchev–Trinajstić information content (AvgIpc) is 2.83. The van der Waals surface area contributed by atoms with Gasteiger partial charge in [-0.25, -0.2) is 9.66 Å². The SMILES string of the molecule is COc1ccc(-c2nc3ccccc3c(=O)n2NCc2ccc(OC(F)F)cc2)cc1OC. The van der Waals surface area contributed by atoms with Crippen LogP contribution in [0.15, 0.2) is 71.5 Å². The molecular weight excluding hydrogens is 432 g/mol. The highest BCUT2D eigenvalue weighted by Crippen LogP contribution is 2.31. The van der Waals surface area contributed by atoms with E-state index in [0.29, 0.717) is 33.8 Å². The third-order valence-corrected chi connectivity index (χ3v) is 5.01. The predicted octanol–water partition coefficient (Wildman–Crippen LogP) is 4.43. The van der Waals surface area contributed by atoms with Crippen LogP contribution < -0.4 is 25.2 Å². The molecule has 0 amide bonds. The lowest BCUT2D eigenvalue weighted by Gasteiger charge is -2.17. The number of hydrogen-bond acceptors (Lipinski definition) is 6. The van der Waals surface area contributed by atoms with E-state index in [2.05, 4.69) is 10.2 Å². The van der Waals surface area contributed by atoms with E-state index in [0.717, 1.165) is 5.56 Å². The molecule has 0 aliphatic rings. The van der Waals surface area contributed by atoms with E-state index in [-0.39, 0.29) is 17.9 Å². The molecule has 0 bridgehead atoms. The second-order valence-corrected chi connectivity index (χ2v) is 7.02. The van der Waals surface area contributed by atoms with Gasteiger partial charge in [0.15, 0.2) is 17.3 Å². The van der Waals surface area contributed by atoms with Crippen LogP contribution in [0.1, 0.15) is 5.56 Å². The fourth-order valence-electron chi connectivity index (χ4n) is 3.41. The van der Waals surface area contributed by atoms with Crippen molar-refractivity contribution in [3.63, 3.8) is 0 Å². The zero-order valence-corrected chi connectivity index (χ0v) is 17.9. The van der Waals surface area contributed by atoms with Crippen LogP contribution in [0.25, 0.3) is 22.3 Å². The monoisotopic (exact) mass is 453 g/mol. The molecule has 33 heavy (non-hydrogen) atoms. The molecule has 0 atom stereocenters. The number of nitrogens with zero attached hydrogens (tertiary/aromatic N) is 2. The second kappa shape index (κ2) is 9.56. The Balaban J connectivity index is 1.74. The van der Waals surface area contributed by atoms with Crippen LogP contribution in [-0.4, -0.2) is 30.5 Å². The van der Waals surface area contributed by atoms with Crippen molar-refractivity contribution in [3.05, 3.63) is 82.6 Å². The molecule has 9 heteroatoms. The standard InChI is InChI=1S/C24H21F2N3O4/c1-31-20-12-9-16(13-21(20)32-2)22-28-19-6-4-3-5-18(19)23(30)29(22)27-14-15-7-10-17(11-8-15)33-24(25)26/h3-13,24,27H,14H2,1-2H3. The van der Waals surface area contributed by atoms with Crippen LogP contribution in [-0.2, 0) is 6.54 Å². The van der Waals surface area contributed by atoms with Crippen LogP contribution >= 0.6 is 0 Å². The largest absolute Gasteiger partial charge is 0.493 e.